The monoisotopic (exact) mass is 516 g/mol. The molecular formula is C24H44N4O6S. The molecule has 2 saturated heterocycles. The number of rotatable bonds is 10. The minimum Gasteiger partial charge on any atom is -0.401 e. The Morgan fingerprint density at radius 3 is 2.49 bits per heavy atom. The Bertz CT molecular complexity index is 880. The summed E-state index contributed by atoms with van der Waals surface area (Å²) >= 11 is 0. The van der Waals surface area contributed by atoms with E-state index in [9.17, 15) is 18.0 Å². The van der Waals surface area contributed by atoms with Gasteiger partial charge in [-0.15, -0.1) is 0 Å². The lowest BCUT2D eigenvalue weighted by atomic mass is 9.90. The van der Waals surface area contributed by atoms with E-state index in [1.54, 1.807) is 20.9 Å². The molecule has 0 aromatic heterocycles. The smallest absolute Gasteiger partial charge is 0.252 e. The van der Waals surface area contributed by atoms with E-state index in [-0.39, 0.29) is 12.2 Å². The van der Waals surface area contributed by atoms with E-state index in [1.807, 2.05) is 18.7 Å². The zero-order valence-electron chi connectivity index (χ0n) is 22.1. The van der Waals surface area contributed by atoms with Gasteiger partial charge >= 0.3 is 0 Å². The predicted octanol–water partition coefficient (Wildman–Crippen LogP) is 1.42. The Morgan fingerprint density at radius 1 is 1.20 bits per heavy atom. The molecule has 0 radical (unpaired) electrons. The third-order valence-electron chi connectivity index (χ3n) is 7.07. The molecule has 2 aliphatic heterocycles. The van der Waals surface area contributed by atoms with Crippen molar-refractivity contribution in [3.05, 3.63) is 11.8 Å². The van der Waals surface area contributed by atoms with Crippen molar-refractivity contribution < 1.29 is 27.5 Å². The van der Waals surface area contributed by atoms with Crippen LogP contribution in [-0.4, -0.2) is 87.4 Å². The van der Waals surface area contributed by atoms with E-state index >= 15 is 0 Å². The summed E-state index contributed by atoms with van der Waals surface area (Å²) in [5.41, 5.74) is 4.91. The predicted molar refractivity (Wildman–Crippen MR) is 135 cm³/mol. The third kappa shape index (κ3) is 8.82. The van der Waals surface area contributed by atoms with Gasteiger partial charge in [-0.2, -0.15) is 0 Å². The number of nitrogens with two attached hydrogens (primary N) is 1. The molecule has 0 aliphatic carbocycles. The van der Waals surface area contributed by atoms with Gasteiger partial charge in [-0.05, 0) is 58.9 Å². The van der Waals surface area contributed by atoms with Crippen LogP contribution < -0.4 is 11.1 Å². The lowest BCUT2D eigenvalue weighted by Crippen LogP contribution is -2.56. The Balaban J connectivity index is 1.91. The fourth-order valence-electron chi connectivity index (χ4n) is 4.13. The van der Waals surface area contributed by atoms with Crippen LogP contribution in [-0.2, 0) is 29.1 Å². The quantitative estimate of drug-likeness (QED) is 0.417. The van der Waals surface area contributed by atoms with Gasteiger partial charge in [0.05, 0.1) is 18.4 Å². The fourth-order valence-corrected chi connectivity index (χ4v) is 5.07. The Hall–Kier alpha value is -1.53. The summed E-state index contributed by atoms with van der Waals surface area (Å²) in [6, 6.07) is 0. The average molecular weight is 517 g/mol. The second kappa shape index (κ2) is 12.1. The van der Waals surface area contributed by atoms with E-state index in [1.165, 1.54) is 16.6 Å². The van der Waals surface area contributed by atoms with E-state index < -0.39 is 32.8 Å². The summed E-state index contributed by atoms with van der Waals surface area (Å²) in [4.78, 5) is 27.4. The zero-order valence-corrected chi connectivity index (χ0v) is 22.9. The summed E-state index contributed by atoms with van der Waals surface area (Å²) < 4.78 is 36.7. The van der Waals surface area contributed by atoms with Gasteiger partial charge in [0.1, 0.15) is 0 Å². The molecule has 2 aliphatic rings. The molecule has 1 unspecified atom stereocenters. The number of ether oxygens (including phenoxy) is 2. The van der Waals surface area contributed by atoms with Crippen LogP contribution in [0.2, 0.25) is 0 Å². The van der Waals surface area contributed by atoms with E-state index in [0.29, 0.717) is 38.5 Å². The maximum absolute atomic E-state index is 13.0. The molecule has 3 N–H and O–H groups in total. The summed E-state index contributed by atoms with van der Waals surface area (Å²) in [6.45, 7) is 9.69. The van der Waals surface area contributed by atoms with Crippen molar-refractivity contribution in [3.8, 4) is 0 Å². The maximum atomic E-state index is 13.0. The second-order valence-corrected chi connectivity index (χ2v) is 13.0. The van der Waals surface area contributed by atoms with Gasteiger partial charge in [0.25, 0.3) is 5.91 Å². The Labute approximate surface area is 210 Å². The molecule has 11 heteroatoms. The lowest BCUT2D eigenvalue weighted by molar-refractivity contribution is -0.173. The summed E-state index contributed by atoms with van der Waals surface area (Å²) in [6.07, 6.45) is 6.80. The number of hydrogen-bond acceptors (Lipinski definition) is 8. The number of sulfonamides is 1. The van der Waals surface area contributed by atoms with E-state index in [2.05, 4.69) is 5.32 Å². The first-order valence-electron chi connectivity index (χ1n) is 12.4. The van der Waals surface area contributed by atoms with Crippen LogP contribution in [0, 0.1) is 11.3 Å². The number of carbonyl (C=O) groups is 2. The average Bonchev–Trinajstić information content (AvgIpc) is 2.77. The van der Waals surface area contributed by atoms with Crippen LogP contribution in [0.15, 0.2) is 11.8 Å². The van der Waals surface area contributed by atoms with Gasteiger partial charge < -0.3 is 15.2 Å². The highest BCUT2D eigenvalue weighted by atomic mass is 32.2. The molecular weight excluding hydrogens is 472 g/mol. The minimum absolute atomic E-state index is 0.107. The minimum atomic E-state index is -3.24. The third-order valence-corrected chi connectivity index (χ3v) is 8.34. The molecule has 202 valence electrons. The highest BCUT2D eigenvalue weighted by Crippen LogP contribution is 2.26. The molecule has 2 heterocycles. The molecule has 0 spiro atoms. The van der Waals surface area contributed by atoms with Gasteiger partial charge in [0, 0.05) is 43.4 Å². The van der Waals surface area contributed by atoms with Crippen LogP contribution in [0.4, 0.5) is 0 Å². The number of likely N-dealkylation sites (N-methyl/N-ethyl adjacent to an activating group) is 1. The second-order valence-electron chi connectivity index (χ2n) is 11.0. The number of piperidine rings is 1. The van der Waals surface area contributed by atoms with E-state index in [4.69, 9.17) is 15.2 Å². The maximum Gasteiger partial charge on any atom is 0.252 e. The van der Waals surface area contributed by atoms with Crippen LogP contribution >= 0.6 is 0 Å². The molecule has 0 aromatic rings. The first kappa shape index (κ1) is 29.7. The standard InChI is InChI=1S/C24H44N4O6S/c1-23(2,17-34-21-11-7-8-13-33-21)19(25)14-20(29)26-22(30)24(3,4)27(5)15-18-10-9-12-28(16-18)35(6,31)32/h14,18,21H,7-13,15-17,25H2,1-6H3,(H,26,29,30)/t18-,21?/m1/s1. The highest BCUT2D eigenvalue weighted by Gasteiger charge is 2.36. The van der Waals surface area contributed by atoms with Crippen molar-refractivity contribution in [2.24, 2.45) is 17.1 Å². The van der Waals surface area contributed by atoms with Crippen molar-refractivity contribution in [2.45, 2.75) is 71.6 Å². The molecule has 0 aromatic carbocycles. The molecule has 0 bridgehead atoms. The summed E-state index contributed by atoms with van der Waals surface area (Å²) in [7, 11) is -1.43. The van der Waals surface area contributed by atoms with Crippen LogP contribution in [0.1, 0.15) is 59.8 Å². The number of carbonyl (C=O) groups excluding carboxylic acids is 2. The zero-order chi connectivity index (χ0) is 26.4. The molecule has 2 amide bonds. The Morgan fingerprint density at radius 2 is 1.89 bits per heavy atom. The van der Waals surface area contributed by atoms with Crippen molar-refractivity contribution >= 4 is 21.8 Å². The molecule has 0 saturated carbocycles. The molecule has 10 nitrogen and oxygen atoms in total. The van der Waals surface area contributed by atoms with Crippen LogP contribution in [0.3, 0.4) is 0 Å². The first-order valence-corrected chi connectivity index (χ1v) is 14.2. The molecule has 35 heavy (non-hydrogen) atoms. The first-order chi connectivity index (χ1) is 16.1. The SMILES string of the molecule is CN(C[C@H]1CCCN(S(C)(=O)=O)C1)C(C)(C)C(=O)NC(=O)C=C(N)C(C)(C)COC1CCCCO1. The van der Waals surface area contributed by atoms with Gasteiger partial charge in [0.15, 0.2) is 6.29 Å². The number of imide groups is 1. The fraction of sp³-hybridized carbons (Fsp3) is 0.833. The summed E-state index contributed by atoms with van der Waals surface area (Å²) in [5.74, 6) is -0.929. The van der Waals surface area contributed by atoms with Crippen LogP contribution in [0.25, 0.3) is 0 Å². The van der Waals surface area contributed by atoms with Gasteiger partial charge in [0.2, 0.25) is 15.9 Å². The van der Waals surface area contributed by atoms with E-state index in [0.717, 1.165) is 32.1 Å². The van der Waals surface area contributed by atoms with Gasteiger partial charge in [-0.25, -0.2) is 12.7 Å². The number of hydrogen-bond donors (Lipinski definition) is 2. The highest BCUT2D eigenvalue weighted by molar-refractivity contribution is 7.88. The largest absolute Gasteiger partial charge is 0.401 e. The van der Waals surface area contributed by atoms with Crippen LogP contribution in [0.5, 0.6) is 0 Å². The Kier molecular flexibility index (Phi) is 10.3. The normalized spacial score (nSPS) is 23.3. The lowest BCUT2D eigenvalue weighted by Gasteiger charge is -2.39. The number of nitrogens with zero attached hydrogens (tertiary/aromatic N) is 2. The van der Waals surface area contributed by atoms with Crippen molar-refractivity contribution in [3.63, 3.8) is 0 Å². The van der Waals surface area contributed by atoms with Gasteiger partial charge in [-0.1, -0.05) is 13.8 Å². The molecule has 2 atom stereocenters. The van der Waals surface area contributed by atoms with Crippen molar-refractivity contribution in [2.75, 3.05) is 46.2 Å². The van der Waals surface area contributed by atoms with Crippen molar-refractivity contribution in [1.82, 2.24) is 14.5 Å². The van der Waals surface area contributed by atoms with Crippen molar-refractivity contribution in [1.29, 1.82) is 0 Å². The summed E-state index contributed by atoms with van der Waals surface area (Å²) in [5, 5.41) is 2.43. The van der Waals surface area contributed by atoms with Gasteiger partial charge in [-0.3, -0.25) is 19.8 Å². The number of amides is 2. The molecule has 2 rings (SSSR count). The molecule has 2 fully saturated rings. The topological polar surface area (TPSA) is 131 Å². The number of nitrogens with one attached hydrogen (secondary N) is 1.